The van der Waals surface area contributed by atoms with Gasteiger partial charge in [0.15, 0.2) is 0 Å². The van der Waals surface area contributed by atoms with Gasteiger partial charge in [-0.1, -0.05) is 37.3 Å². The van der Waals surface area contributed by atoms with Crippen molar-refractivity contribution >= 4 is 0 Å². The van der Waals surface area contributed by atoms with Gasteiger partial charge in [0, 0.05) is 5.41 Å². The third kappa shape index (κ3) is 4.00. The minimum Gasteiger partial charge on any atom is -0.497 e. The van der Waals surface area contributed by atoms with Crippen LogP contribution in [0.3, 0.4) is 0 Å². The van der Waals surface area contributed by atoms with Crippen LogP contribution in [0.4, 0.5) is 0 Å². The standard InChI is InChI=1S/C18H24O3/c1-3-17(19)18(11-5-4-6-12-18)14-21-13-15-7-9-16(20-2)10-8-15/h1,7-10,17,19H,4-6,11-14H2,2H3. The van der Waals surface area contributed by atoms with E-state index in [1.165, 1.54) is 6.42 Å². The Balaban J connectivity index is 1.91. The second kappa shape index (κ2) is 7.49. The van der Waals surface area contributed by atoms with E-state index in [0.717, 1.165) is 37.0 Å². The number of aliphatic hydroxyl groups excluding tert-OH is 1. The smallest absolute Gasteiger partial charge is 0.122 e. The highest BCUT2D eigenvalue weighted by Crippen LogP contribution is 2.39. The van der Waals surface area contributed by atoms with Crippen molar-refractivity contribution in [2.45, 2.75) is 44.8 Å². The average molecular weight is 288 g/mol. The fraction of sp³-hybridized carbons (Fsp3) is 0.556. The van der Waals surface area contributed by atoms with Gasteiger partial charge in [0.05, 0.1) is 20.3 Å². The SMILES string of the molecule is C#CC(O)C1(COCc2ccc(OC)cc2)CCCCC1. The van der Waals surface area contributed by atoms with Gasteiger partial charge in [-0.15, -0.1) is 6.42 Å². The highest BCUT2D eigenvalue weighted by molar-refractivity contribution is 5.26. The predicted molar refractivity (Wildman–Crippen MR) is 83.0 cm³/mol. The molecule has 0 aromatic heterocycles. The van der Waals surface area contributed by atoms with E-state index in [1.54, 1.807) is 7.11 Å². The zero-order valence-corrected chi connectivity index (χ0v) is 12.7. The molecule has 0 amide bonds. The maximum atomic E-state index is 10.2. The van der Waals surface area contributed by atoms with Crippen molar-refractivity contribution in [3.05, 3.63) is 29.8 Å². The molecule has 114 valence electrons. The minimum absolute atomic E-state index is 0.264. The number of rotatable bonds is 6. The lowest BCUT2D eigenvalue weighted by Crippen LogP contribution is -2.40. The lowest BCUT2D eigenvalue weighted by molar-refractivity contribution is -0.0478. The molecule has 0 heterocycles. The Labute approximate surface area is 127 Å². The van der Waals surface area contributed by atoms with E-state index in [-0.39, 0.29) is 5.41 Å². The van der Waals surface area contributed by atoms with Gasteiger partial charge in [-0.05, 0) is 30.5 Å². The molecule has 0 saturated heterocycles. The lowest BCUT2D eigenvalue weighted by atomic mass is 9.71. The van der Waals surface area contributed by atoms with Crippen molar-refractivity contribution in [2.24, 2.45) is 5.41 Å². The number of hydrogen-bond acceptors (Lipinski definition) is 3. The molecule has 1 unspecified atom stereocenters. The molecule has 1 N–H and O–H groups in total. The number of ether oxygens (including phenoxy) is 2. The number of benzene rings is 1. The second-order valence-corrected chi connectivity index (χ2v) is 5.83. The first-order chi connectivity index (χ1) is 10.2. The number of hydrogen-bond donors (Lipinski definition) is 1. The molecule has 3 heteroatoms. The zero-order valence-electron chi connectivity index (χ0n) is 12.7. The van der Waals surface area contributed by atoms with Crippen LogP contribution in [0, 0.1) is 17.8 Å². The monoisotopic (exact) mass is 288 g/mol. The number of aliphatic hydroxyl groups is 1. The van der Waals surface area contributed by atoms with Crippen molar-refractivity contribution < 1.29 is 14.6 Å². The molecule has 0 spiro atoms. The maximum absolute atomic E-state index is 10.2. The molecule has 1 atom stereocenters. The Hall–Kier alpha value is -1.50. The zero-order chi connectivity index (χ0) is 15.1. The quantitative estimate of drug-likeness (QED) is 0.817. The van der Waals surface area contributed by atoms with Crippen LogP contribution in [-0.4, -0.2) is 24.9 Å². The van der Waals surface area contributed by atoms with Crippen LogP contribution in [0.15, 0.2) is 24.3 Å². The molecule has 0 radical (unpaired) electrons. The van der Waals surface area contributed by atoms with Crippen molar-refractivity contribution in [3.8, 4) is 18.1 Å². The van der Waals surface area contributed by atoms with Crippen molar-refractivity contribution in [1.82, 2.24) is 0 Å². The van der Waals surface area contributed by atoms with Gasteiger partial charge < -0.3 is 14.6 Å². The van der Waals surface area contributed by atoms with Gasteiger partial charge in [-0.2, -0.15) is 0 Å². The third-order valence-electron chi connectivity index (χ3n) is 4.40. The largest absolute Gasteiger partial charge is 0.497 e. The second-order valence-electron chi connectivity index (χ2n) is 5.83. The Kier molecular flexibility index (Phi) is 5.67. The van der Waals surface area contributed by atoms with Gasteiger partial charge in [0.25, 0.3) is 0 Å². The summed E-state index contributed by atoms with van der Waals surface area (Å²) in [6.45, 7) is 1.05. The average Bonchev–Trinajstić information content (AvgIpc) is 2.55. The predicted octanol–water partition coefficient (Wildman–Crippen LogP) is 3.16. The van der Waals surface area contributed by atoms with Gasteiger partial charge in [0.1, 0.15) is 11.9 Å². The third-order valence-corrected chi connectivity index (χ3v) is 4.40. The summed E-state index contributed by atoms with van der Waals surface area (Å²) in [5.41, 5.74) is 0.830. The van der Waals surface area contributed by atoms with Gasteiger partial charge >= 0.3 is 0 Å². The van der Waals surface area contributed by atoms with Crippen LogP contribution in [0.25, 0.3) is 0 Å². The molecule has 1 aliphatic rings. The van der Waals surface area contributed by atoms with Crippen LogP contribution < -0.4 is 4.74 Å². The first-order valence-electron chi connectivity index (χ1n) is 7.55. The van der Waals surface area contributed by atoms with E-state index >= 15 is 0 Å². The van der Waals surface area contributed by atoms with Crippen molar-refractivity contribution in [2.75, 3.05) is 13.7 Å². The summed E-state index contributed by atoms with van der Waals surface area (Å²) >= 11 is 0. The normalized spacial score (nSPS) is 18.7. The first-order valence-corrected chi connectivity index (χ1v) is 7.55. The summed E-state index contributed by atoms with van der Waals surface area (Å²) in [6.07, 6.45) is 10.1. The summed E-state index contributed by atoms with van der Waals surface area (Å²) in [6, 6.07) is 7.82. The van der Waals surface area contributed by atoms with Gasteiger partial charge in [-0.3, -0.25) is 0 Å². The van der Waals surface area contributed by atoms with E-state index in [2.05, 4.69) is 5.92 Å². The molecule has 1 aromatic rings. The van der Waals surface area contributed by atoms with Crippen molar-refractivity contribution in [1.29, 1.82) is 0 Å². The molecule has 0 bridgehead atoms. The fourth-order valence-electron chi connectivity index (χ4n) is 3.02. The minimum atomic E-state index is -0.714. The van der Waals surface area contributed by atoms with Crippen LogP contribution in [0.5, 0.6) is 5.75 Å². The summed E-state index contributed by atoms with van der Waals surface area (Å²) in [5.74, 6) is 3.34. The summed E-state index contributed by atoms with van der Waals surface area (Å²) in [4.78, 5) is 0. The Morgan fingerprint density at radius 1 is 1.24 bits per heavy atom. The van der Waals surface area contributed by atoms with E-state index in [9.17, 15) is 5.11 Å². The van der Waals surface area contributed by atoms with Crippen LogP contribution in [0.1, 0.15) is 37.7 Å². The molecule has 1 aliphatic carbocycles. The van der Waals surface area contributed by atoms with Crippen LogP contribution in [-0.2, 0) is 11.3 Å². The van der Waals surface area contributed by atoms with Crippen molar-refractivity contribution in [3.63, 3.8) is 0 Å². The molecule has 1 aromatic carbocycles. The first kappa shape index (κ1) is 15.9. The molecule has 0 aliphatic heterocycles. The summed E-state index contributed by atoms with van der Waals surface area (Å²) in [5, 5.41) is 10.2. The highest BCUT2D eigenvalue weighted by atomic mass is 16.5. The van der Waals surface area contributed by atoms with E-state index in [4.69, 9.17) is 15.9 Å². The molecule has 1 fully saturated rings. The van der Waals surface area contributed by atoms with Gasteiger partial charge in [0.2, 0.25) is 0 Å². The fourth-order valence-corrected chi connectivity index (χ4v) is 3.02. The van der Waals surface area contributed by atoms with E-state index in [0.29, 0.717) is 13.2 Å². The summed E-state index contributed by atoms with van der Waals surface area (Å²) in [7, 11) is 1.65. The molecule has 21 heavy (non-hydrogen) atoms. The topological polar surface area (TPSA) is 38.7 Å². The lowest BCUT2D eigenvalue weighted by Gasteiger charge is -2.38. The number of terminal acetylenes is 1. The molecular weight excluding hydrogens is 264 g/mol. The Morgan fingerprint density at radius 3 is 2.48 bits per heavy atom. The Bertz CT molecular complexity index is 466. The molecular formula is C18H24O3. The van der Waals surface area contributed by atoms with E-state index in [1.807, 2.05) is 24.3 Å². The molecule has 1 saturated carbocycles. The van der Waals surface area contributed by atoms with Gasteiger partial charge in [-0.25, -0.2) is 0 Å². The maximum Gasteiger partial charge on any atom is 0.122 e. The molecule has 2 rings (SSSR count). The summed E-state index contributed by atoms with van der Waals surface area (Å²) < 4.78 is 11.0. The Morgan fingerprint density at radius 2 is 1.90 bits per heavy atom. The van der Waals surface area contributed by atoms with E-state index < -0.39 is 6.10 Å². The van der Waals surface area contributed by atoms with Crippen LogP contribution >= 0.6 is 0 Å². The number of methoxy groups -OCH3 is 1. The molecule has 3 nitrogen and oxygen atoms in total. The van der Waals surface area contributed by atoms with Crippen LogP contribution in [0.2, 0.25) is 0 Å². The highest BCUT2D eigenvalue weighted by Gasteiger charge is 2.38.